The van der Waals surface area contributed by atoms with Gasteiger partial charge < -0.3 is 5.73 Å². The number of halogens is 3. The van der Waals surface area contributed by atoms with E-state index in [1.165, 1.54) is 24.3 Å². The van der Waals surface area contributed by atoms with E-state index >= 15 is 0 Å². The molecular weight excluding hydrogens is 336 g/mol. The highest BCUT2D eigenvalue weighted by Gasteiger charge is 2.23. The Bertz CT molecular complexity index is 758. The van der Waals surface area contributed by atoms with Gasteiger partial charge in [-0.25, -0.2) is 12.8 Å². The maximum atomic E-state index is 13.3. The minimum atomic E-state index is -3.81. The second-order valence-corrected chi connectivity index (χ2v) is 7.17. The first-order chi connectivity index (χ1) is 9.85. The Morgan fingerprint density at radius 2 is 1.67 bits per heavy atom. The molecule has 2 N–H and O–H groups in total. The van der Waals surface area contributed by atoms with Gasteiger partial charge in [0.05, 0.1) is 15.8 Å². The summed E-state index contributed by atoms with van der Waals surface area (Å²) in [4.78, 5) is -0.152. The van der Waals surface area contributed by atoms with Crippen molar-refractivity contribution in [3.05, 3.63) is 63.4 Å². The highest BCUT2D eigenvalue weighted by atomic mass is 35.5. The molecule has 0 heterocycles. The fourth-order valence-corrected chi connectivity index (χ4v) is 4.64. The van der Waals surface area contributed by atoms with Crippen LogP contribution in [0.25, 0.3) is 0 Å². The van der Waals surface area contributed by atoms with Gasteiger partial charge in [0.2, 0.25) is 0 Å². The van der Waals surface area contributed by atoms with Crippen LogP contribution in [0.2, 0.25) is 10.0 Å². The minimum Gasteiger partial charge on any atom is -0.326 e. The smallest absolute Gasteiger partial charge is 0.185 e. The van der Waals surface area contributed by atoms with Crippen LogP contribution in [-0.2, 0) is 22.1 Å². The number of hydrogen-bond acceptors (Lipinski definition) is 3. The first-order valence-corrected chi connectivity index (χ1v) is 8.40. The molecule has 21 heavy (non-hydrogen) atoms. The van der Waals surface area contributed by atoms with E-state index in [0.717, 1.165) is 6.07 Å². The fourth-order valence-electron chi connectivity index (χ4n) is 1.98. The maximum absolute atomic E-state index is 13.3. The molecule has 0 saturated carbocycles. The Kier molecular flexibility index (Phi) is 4.88. The molecule has 0 aliphatic carbocycles. The monoisotopic (exact) mass is 347 g/mol. The molecular formula is C14H12Cl2FNO2S. The van der Waals surface area contributed by atoms with Gasteiger partial charge in [0, 0.05) is 6.54 Å². The summed E-state index contributed by atoms with van der Waals surface area (Å²) in [6, 6.07) is 8.29. The molecule has 0 aliphatic rings. The molecule has 0 saturated heterocycles. The lowest BCUT2D eigenvalue weighted by Gasteiger charge is -2.11. The van der Waals surface area contributed by atoms with Crippen LogP contribution in [0.15, 0.2) is 41.3 Å². The normalized spacial score (nSPS) is 11.6. The summed E-state index contributed by atoms with van der Waals surface area (Å²) in [5.74, 6) is -0.941. The van der Waals surface area contributed by atoms with Crippen molar-refractivity contribution in [2.75, 3.05) is 0 Å². The van der Waals surface area contributed by atoms with Crippen LogP contribution >= 0.6 is 23.2 Å². The van der Waals surface area contributed by atoms with Crippen molar-refractivity contribution in [2.24, 2.45) is 5.73 Å². The number of sulfone groups is 1. The van der Waals surface area contributed by atoms with E-state index in [9.17, 15) is 12.8 Å². The lowest BCUT2D eigenvalue weighted by atomic mass is 10.1. The molecule has 0 spiro atoms. The molecule has 0 fully saturated rings. The third-order valence-corrected chi connectivity index (χ3v) is 5.57. The van der Waals surface area contributed by atoms with Gasteiger partial charge in [-0.3, -0.25) is 0 Å². The van der Waals surface area contributed by atoms with Crippen molar-refractivity contribution in [3.63, 3.8) is 0 Å². The summed E-state index contributed by atoms with van der Waals surface area (Å²) >= 11 is 11.8. The minimum absolute atomic E-state index is 0.0354. The molecule has 2 aromatic rings. The van der Waals surface area contributed by atoms with E-state index in [2.05, 4.69) is 0 Å². The van der Waals surface area contributed by atoms with Crippen molar-refractivity contribution in [1.29, 1.82) is 0 Å². The molecule has 0 aliphatic heterocycles. The van der Waals surface area contributed by atoms with Gasteiger partial charge in [0.1, 0.15) is 10.7 Å². The summed E-state index contributed by atoms with van der Waals surface area (Å²) in [6.07, 6.45) is 0. The zero-order valence-corrected chi connectivity index (χ0v) is 13.1. The lowest BCUT2D eigenvalue weighted by Crippen LogP contribution is -2.10. The molecule has 2 aromatic carbocycles. The van der Waals surface area contributed by atoms with Crippen LogP contribution in [0.5, 0.6) is 0 Å². The van der Waals surface area contributed by atoms with Gasteiger partial charge in [-0.2, -0.15) is 0 Å². The third-order valence-electron chi connectivity index (χ3n) is 2.96. The van der Waals surface area contributed by atoms with E-state index in [1.54, 1.807) is 6.07 Å². The Labute approximate surface area is 132 Å². The number of nitrogens with two attached hydrogens (primary N) is 1. The van der Waals surface area contributed by atoms with E-state index in [0.29, 0.717) is 11.1 Å². The maximum Gasteiger partial charge on any atom is 0.185 e. The van der Waals surface area contributed by atoms with Crippen LogP contribution in [0.4, 0.5) is 4.39 Å². The Morgan fingerprint density at radius 3 is 2.24 bits per heavy atom. The zero-order valence-electron chi connectivity index (χ0n) is 10.8. The molecule has 0 bridgehead atoms. The van der Waals surface area contributed by atoms with Gasteiger partial charge in [-0.15, -0.1) is 0 Å². The van der Waals surface area contributed by atoms with Crippen molar-refractivity contribution in [3.8, 4) is 0 Å². The van der Waals surface area contributed by atoms with Crippen LogP contribution in [0.1, 0.15) is 11.1 Å². The molecule has 7 heteroatoms. The summed E-state index contributed by atoms with van der Waals surface area (Å²) in [5, 5.41) is 0.0707. The SMILES string of the molecule is NCc1ccc(F)cc1CS(=O)(=O)c1c(Cl)cccc1Cl. The topological polar surface area (TPSA) is 60.2 Å². The molecule has 0 radical (unpaired) electrons. The number of benzene rings is 2. The number of hydrogen-bond donors (Lipinski definition) is 1. The molecule has 0 aromatic heterocycles. The second-order valence-electron chi connectivity index (χ2n) is 4.43. The average molecular weight is 348 g/mol. The van der Waals surface area contributed by atoms with E-state index in [-0.39, 0.29) is 21.5 Å². The standard InChI is InChI=1S/C14H12Cl2FNO2S/c15-12-2-1-3-13(16)14(12)21(19,20)8-10-6-11(17)5-4-9(10)7-18/h1-6H,7-8,18H2. The summed E-state index contributed by atoms with van der Waals surface area (Å²) < 4.78 is 38.3. The predicted octanol–water partition coefficient (Wildman–Crippen LogP) is 3.57. The van der Waals surface area contributed by atoms with Gasteiger partial charge >= 0.3 is 0 Å². The summed E-state index contributed by atoms with van der Waals surface area (Å²) in [7, 11) is -3.81. The van der Waals surface area contributed by atoms with E-state index in [1.807, 2.05) is 0 Å². The largest absolute Gasteiger partial charge is 0.326 e. The summed E-state index contributed by atoms with van der Waals surface area (Å²) in [6.45, 7) is 0.112. The first-order valence-electron chi connectivity index (χ1n) is 5.99. The van der Waals surface area contributed by atoms with Crippen molar-refractivity contribution >= 4 is 33.0 Å². The van der Waals surface area contributed by atoms with Gasteiger partial charge in [-0.1, -0.05) is 35.3 Å². The molecule has 0 atom stereocenters. The average Bonchev–Trinajstić information content (AvgIpc) is 2.37. The Morgan fingerprint density at radius 1 is 1.05 bits per heavy atom. The fraction of sp³-hybridized carbons (Fsp3) is 0.143. The molecule has 0 amide bonds. The van der Waals surface area contributed by atoms with Crippen molar-refractivity contribution in [1.82, 2.24) is 0 Å². The van der Waals surface area contributed by atoms with Gasteiger partial charge in [0.15, 0.2) is 9.84 Å². The van der Waals surface area contributed by atoms with E-state index < -0.39 is 21.4 Å². The molecule has 0 unspecified atom stereocenters. The first kappa shape index (κ1) is 16.2. The molecule has 3 nitrogen and oxygen atoms in total. The van der Waals surface area contributed by atoms with Crippen molar-refractivity contribution < 1.29 is 12.8 Å². The quantitative estimate of drug-likeness (QED) is 0.919. The van der Waals surface area contributed by atoms with E-state index in [4.69, 9.17) is 28.9 Å². The summed E-state index contributed by atoms with van der Waals surface area (Å²) in [5.41, 5.74) is 6.41. The van der Waals surface area contributed by atoms with Crippen LogP contribution in [-0.4, -0.2) is 8.42 Å². The highest BCUT2D eigenvalue weighted by molar-refractivity contribution is 7.90. The van der Waals surface area contributed by atoms with Gasteiger partial charge in [0.25, 0.3) is 0 Å². The predicted molar refractivity (Wildman–Crippen MR) is 81.6 cm³/mol. The number of rotatable bonds is 4. The zero-order chi connectivity index (χ0) is 15.6. The lowest BCUT2D eigenvalue weighted by molar-refractivity contribution is 0.594. The Hall–Kier alpha value is -1.14. The highest BCUT2D eigenvalue weighted by Crippen LogP contribution is 2.32. The van der Waals surface area contributed by atoms with Crippen molar-refractivity contribution in [2.45, 2.75) is 17.2 Å². The van der Waals surface area contributed by atoms with Crippen LogP contribution in [0, 0.1) is 5.82 Å². The van der Waals surface area contributed by atoms with Gasteiger partial charge in [-0.05, 0) is 35.4 Å². The second kappa shape index (κ2) is 6.32. The van der Waals surface area contributed by atoms with Crippen LogP contribution < -0.4 is 5.73 Å². The molecule has 112 valence electrons. The third kappa shape index (κ3) is 3.55. The molecule has 2 rings (SSSR count). The Balaban J connectivity index is 2.50. The van der Waals surface area contributed by atoms with Crippen LogP contribution in [0.3, 0.4) is 0 Å².